The molecule has 1 aromatic carbocycles. The van der Waals surface area contributed by atoms with E-state index >= 15 is 0 Å². The van der Waals surface area contributed by atoms with Crippen LogP contribution in [0.3, 0.4) is 0 Å². The Morgan fingerprint density at radius 3 is 2.75 bits per heavy atom. The highest BCUT2D eigenvalue weighted by atomic mass is 35.5. The van der Waals surface area contributed by atoms with E-state index in [0.717, 1.165) is 0 Å². The van der Waals surface area contributed by atoms with Crippen LogP contribution in [0.5, 0.6) is 0 Å². The summed E-state index contributed by atoms with van der Waals surface area (Å²) in [6.45, 7) is 1.86. The summed E-state index contributed by atoms with van der Waals surface area (Å²) in [5.41, 5.74) is 6.46. The van der Waals surface area contributed by atoms with Crippen LogP contribution in [-0.4, -0.2) is 39.9 Å². The van der Waals surface area contributed by atoms with Crippen molar-refractivity contribution in [3.63, 3.8) is 0 Å². The van der Waals surface area contributed by atoms with Gasteiger partial charge in [0.25, 0.3) is 0 Å². The molecule has 1 atom stereocenters. The van der Waals surface area contributed by atoms with Crippen molar-refractivity contribution >= 4 is 27.3 Å². The van der Waals surface area contributed by atoms with Crippen molar-refractivity contribution in [1.29, 1.82) is 0 Å². The van der Waals surface area contributed by atoms with Crippen molar-refractivity contribution in [2.45, 2.75) is 24.3 Å². The van der Waals surface area contributed by atoms with Crippen molar-refractivity contribution in [2.24, 2.45) is 0 Å². The summed E-state index contributed by atoms with van der Waals surface area (Å²) >= 11 is 5.83. The molecule has 0 heterocycles. The van der Waals surface area contributed by atoms with Crippen molar-refractivity contribution in [3.05, 3.63) is 22.7 Å². The summed E-state index contributed by atoms with van der Waals surface area (Å²) in [4.78, 5) is 0.0451. The standard InChI is InChI=1S/C12H19ClN2O4S/c1-8-11(14)5-9(13)6-12(8)20(17,18)15-4-3-10(16)7-19-2/h5-6,10,15-16H,3-4,7,14H2,1-2H3. The highest BCUT2D eigenvalue weighted by Gasteiger charge is 2.19. The maximum Gasteiger partial charge on any atom is 0.240 e. The fraction of sp³-hybridized carbons (Fsp3) is 0.500. The molecule has 0 spiro atoms. The van der Waals surface area contributed by atoms with Gasteiger partial charge in [-0.05, 0) is 31.0 Å². The number of hydrogen-bond donors (Lipinski definition) is 3. The highest BCUT2D eigenvalue weighted by Crippen LogP contribution is 2.25. The molecule has 0 aliphatic rings. The zero-order chi connectivity index (χ0) is 15.3. The monoisotopic (exact) mass is 322 g/mol. The van der Waals surface area contributed by atoms with E-state index in [-0.39, 0.29) is 29.5 Å². The number of nitrogens with one attached hydrogen (secondary N) is 1. The molecule has 20 heavy (non-hydrogen) atoms. The van der Waals surface area contributed by atoms with E-state index in [4.69, 9.17) is 22.1 Å². The van der Waals surface area contributed by atoms with Crippen LogP contribution in [0, 0.1) is 6.92 Å². The van der Waals surface area contributed by atoms with Gasteiger partial charge in [0.2, 0.25) is 10.0 Å². The van der Waals surface area contributed by atoms with Crippen molar-refractivity contribution in [3.8, 4) is 0 Å². The number of benzene rings is 1. The van der Waals surface area contributed by atoms with Crippen molar-refractivity contribution < 1.29 is 18.3 Å². The molecule has 4 N–H and O–H groups in total. The molecule has 114 valence electrons. The number of nitrogen functional groups attached to an aromatic ring is 1. The van der Waals surface area contributed by atoms with Crippen LogP contribution in [-0.2, 0) is 14.8 Å². The Labute approximate surface area is 123 Å². The van der Waals surface area contributed by atoms with E-state index in [1.165, 1.54) is 19.2 Å². The number of aliphatic hydroxyl groups is 1. The topological polar surface area (TPSA) is 102 Å². The number of sulfonamides is 1. The average Bonchev–Trinajstić information content (AvgIpc) is 2.33. The number of aliphatic hydroxyl groups excluding tert-OH is 1. The van der Waals surface area contributed by atoms with Crippen LogP contribution < -0.4 is 10.5 Å². The van der Waals surface area contributed by atoms with Gasteiger partial charge in [0.15, 0.2) is 0 Å². The lowest BCUT2D eigenvalue weighted by Crippen LogP contribution is -2.29. The van der Waals surface area contributed by atoms with Gasteiger partial charge in [-0.3, -0.25) is 0 Å². The van der Waals surface area contributed by atoms with E-state index in [2.05, 4.69) is 4.72 Å². The summed E-state index contributed by atoms with van der Waals surface area (Å²) in [6.07, 6.45) is -0.462. The first-order valence-electron chi connectivity index (χ1n) is 6.00. The van der Waals surface area contributed by atoms with Crippen LogP contribution in [0.2, 0.25) is 5.02 Å². The Kier molecular flexibility index (Phi) is 6.22. The van der Waals surface area contributed by atoms with Crippen molar-refractivity contribution in [2.75, 3.05) is 26.0 Å². The van der Waals surface area contributed by atoms with E-state index in [1.807, 2.05) is 0 Å². The summed E-state index contributed by atoms with van der Waals surface area (Å²) in [5, 5.41) is 9.72. The highest BCUT2D eigenvalue weighted by molar-refractivity contribution is 7.89. The third kappa shape index (κ3) is 4.60. The largest absolute Gasteiger partial charge is 0.398 e. The molecular weight excluding hydrogens is 304 g/mol. The smallest absolute Gasteiger partial charge is 0.240 e. The van der Waals surface area contributed by atoms with Gasteiger partial charge in [0, 0.05) is 24.4 Å². The predicted octanol–water partition coefficient (Wildman–Crippen LogP) is 0.906. The quantitative estimate of drug-likeness (QED) is 0.648. The van der Waals surface area contributed by atoms with Crippen molar-refractivity contribution in [1.82, 2.24) is 4.72 Å². The van der Waals surface area contributed by atoms with Gasteiger partial charge in [-0.25, -0.2) is 13.1 Å². The van der Waals surface area contributed by atoms with Gasteiger partial charge in [0.1, 0.15) is 0 Å². The second kappa shape index (κ2) is 7.24. The number of ether oxygens (including phenoxy) is 1. The molecule has 0 saturated heterocycles. The number of hydrogen-bond acceptors (Lipinski definition) is 5. The SMILES string of the molecule is COCC(O)CCNS(=O)(=O)c1cc(Cl)cc(N)c1C. The lowest BCUT2D eigenvalue weighted by molar-refractivity contribution is 0.0603. The molecule has 0 saturated carbocycles. The summed E-state index contributed by atoms with van der Waals surface area (Å²) in [7, 11) is -2.25. The average molecular weight is 323 g/mol. The predicted molar refractivity (Wildman–Crippen MR) is 78.3 cm³/mol. The first-order valence-corrected chi connectivity index (χ1v) is 7.86. The molecule has 8 heteroatoms. The van der Waals surface area contributed by atoms with E-state index in [0.29, 0.717) is 11.3 Å². The molecule has 0 fully saturated rings. The maximum absolute atomic E-state index is 12.2. The van der Waals surface area contributed by atoms with Gasteiger partial charge < -0.3 is 15.6 Å². The second-order valence-electron chi connectivity index (χ2n) is 4.41. The fourth-order valence-electron chi connectivity index (χ4n) is 1.67. The third-order valence-corrected chi connectivity index (χ3v) is 4.59. The molecule has 0 aliphatic carbocycles. The molecule has 6 nitrogen and oxygen atoms in total. The van der Waals surface area contributed by atoms with E-state index < -0.39 is 16.1 Å². The molecular formula is C12H19ClN2O4S. The lowest BCUT2D eigenvalue weighted by atomic mass is 10.2. The summed E-state index contributed by atoms with van der Waals surface area (Å²) in [5.74, 6) is 0. The fourth-order valence-corrected chi connectivity index (χ4v) is 3.30. The molecule has 0 amide bonds. The first kappa shape index (κ1) is 17.2. The Morgan fingerprint density at radius 2 is 2.15 bits per heavy atom. The number of nitrogens with two attached hydrogens (primary N) is 1. The molecule has 1 unspecified atom stereocenters. The second-order valence-corrected chi connectivity index (χ2v) is 6.59. The molecule has 0 aliphatic heterocycles. The van der Waals surface area contributed by atoms with Crippen LogP contribution in [0.25, 0.3) is 0 Å². The maximum atomic E-state index is 12.2. The number of anilines is 1. The van der Waals surface area contributed by atoms with Crippen LogP contribution in [0.1, 0.15) is 12.0 Å². The van der Waals surface area contributed by atoms with E-state index in [9.17, 15) is 13.5 Å². The Bertz CT molecular complexity index is 563. The van der Waals surface area contributed by atoms with Gasteiger partial charge >= 0.3 is 0 Å². The minimum absolute atomic E-state index is 0.0451. The summed E-state index contributed by atoms with van der Waals surface area (Å²) < 4.78 is 31.5. The van der Waals surface area contributed by atoms with Gasteiger partial charge in [-0.2, -0.15) is 0 Å². The third-order valence-electron chi connectivity index (χ3n) is 2.78. The minimum Gasteiger partial charge on any atom is -0.398 e. The number of halogens is 1. The lowest BCUT2D eigenvalue weighted by Gasteiger charge is -2.13. The zero-order valence-corrected chi connectivity index (χ0v) is 13.0. The van der Waals surface area contributed by atoms with Gasteiger partial charge in [-0.1, -0.05) is 11.6 Å². The van der Waals surface area contributed by atoms with Crippen LogP contribution in [0.4, 0.5) is 5.69 Å². The Balaban J connectivity index is 2.80. The number of rotatable bonds is 7. The van der Waals surface area contributed by atoms with E-state index in [1.54, 1.807) is 6.92 Å². The molecule has 1 aromatic rings. The van der Waals surface area contributed by atoms with Gasteiger partial charge in [-0.15, -0.1) is 0 Å². The van der Waals surface area contributed by atoms with Gasteiger partial charge in [0.05, 0.1) is 17.6 Å². The van der Waals surface area contributed by atoms with Crippen LogP contribution >= 0.6 is 11.6 Å². The molecule has 0 aromatic heterocycles. The number of methoxy groups -OCH3 is 1. The zero-order valence-electron chi connectivity index (χ0n) is 11.4. The first-order chi connectivity index (χ1) is 9.27. The minimum atomic E-state index is -3.71. The molecule has 1 rings (SSSR count). The molecule has 0 radical (unpaired) electrons. The normalized spacial score (nSPS) is 13.4. The Hall–Kier alpha value is -0.860. The Morgan fingerprint density at radius 1 is 1.50 bits per heavy atom. The molecule has 0 bridgehead atoms. The summed E-state index contributed by atoms with van der Waals surface area (Å²) in [6, 6.07) is 2.85. The van der Waals surface area contributed by atoms with Crippen LogP contribution in [0.15, 0.2) is 17.0 Å².